The molecule has 1 aromatic rings. The fourth-order valence-electron chi connectivity index (χ4n) is 3.65. The van der Waals surface area contributed by atoms with Gasteiger partial charge in [-0.1, -0.05) is 45.0 Å². The molecule has 1 saturated carbocycles. The first-order chi connectivity index (χ1) is 7.99. The van der Waals surface area contributed by atoms with Crippen molar-refractivity contribution in [2.45, 2.75) is 52.9 Å². The van der Waals surface area contributed by atoms with Crippen LogP contribution in [-0.2, 0) is 12.8 Å². The lowest BCUT2D eigenvalue weighted by molar-refractivity contribution is 0.229. The lowest BCUT2D eigenvalue weighted by Crippen LogP contribution is -2.26. The van der Waals surface area contributed by atoms with Crippen molar-refractivity contribution < 1.29 is 0 Å². The van der Waals surface area contributed by atoms with Crippen molar-refractivity contribution in [3.8, 4) is 0 Å². The number of rotatable bonds is 2. The van der Waals surface area contributed by atoms with Crippen LogP contribution in [0.15, 0.2) is 24.3 Å². The number of hydrogen-bond acceptors (Lipinski definition) is 0. The monoisotopic (exact) mass is 228 g/mol. The lowest BCUT2D eigenvalue weighted by atomic mass is 9.69. The van der Waals surface area contributed by atoms with E-state index in [0.717, 1.165) is 5.92 Å². The first kappa shape index (κ1) is 11.3. The van der Waals surface area contributed by atoms with E-state index < -0.39 is 0 Å². The van der Waals surface area contributed by atoms with Gasteiger partial charge in [0.15, 0.2) is 0 Å². The molecule has 2 aliphatic carbocycles. The summed E-state index contributed by atoms with van der Waals surface area (Å²) in [7, 11) is 0. The summed E-state index contributed by atoms with van der Waals surface area (Å²) in [5.41, 5.74) is 4.41. The van der Waals surface area contributed by atoms with Crippen LogP contribution in [0.2, 0.25) is 0 Å². The van der Waals surface area contributed by atoms with Crippen molar-refractivity contribution in [3.05, 3.63) is 35.4 Å². The molecule has 0 aliphatic heterocycles. The summed E-state index contributed by atoms with van der Waals surface area (Å²) < 4.78 is 0. The van der Waals surface area contributed by atoms with Gasteiger partial charge >= 0.3 is 0 Å². The molecule has 0 amide bonds. The Bertz CT molecular complexity index is 429. The second-order valence-electron chi connectivity index (χ2n) is 7.35. The zero-order chi connectivity index (χ0) is 12.1. The van der Waals surface area contributed by atoms with Gasteiger partial charge in [0.25, 0.3) is 0 Å². The van der Waals surface area contributed by atoms with Crippen molar-refractivity contribution in [2.24, 2.45) is 16.7 Å². The van der Waals surface area contributed by atoms with E-state index >= 15 is 0 Å². The topological polar surface area (TPSA) is 0 Å². The maximum absolute atomic E-state index is 2.51. The van der Waals surface area contributed by atoms with Gasteiger partial charge in [0.05, 0.1) is 0 Å². The highest BCUT2D eigenvalue weighted by Crippen LogP contribution is 2.58. The Morgan fingerprint density at radius 1 is 1.12 bits per heavy atom. The maximum Gasteiger partial charge on any atom is -0.0222 e. The highest BCUT2D eigenvalue weighted by molar-refractivity contribution is 5.31. The third kappa shape index (κ3) is 2.14. The maximum atomic E-state index is 2.51. The summed E-state index contributed by atoms with van der Waals surface area (Å²) in [6.07, 6.45) is 6.87. The van der Waals surface area contributed by atoms with Crippen LogP contribution in [0.5, 0.6) is 0 Å². The molecule has 2 atom stereocenters. The first-order valence-electron chi connectivity index (χ1n) is 7.05. The van der Waals surface area contributed by atoms with E-state index in [4.69, 9.17) is 0 Å². The zero-order valence-electron chi connectivity index (χ0n) is 11.4. The average Bonchev–Trinajstić information content (AvgIpc) is 2.84. The molecule has 1 fully saturated rings. The average molecular weight is 228 g/mol. The van der Waals surface area contributed by atoms with Crippen LogP contribution in [0, 0.1) is 16.7 Å². The molecule has 92 valence electrons. The molecule has 0 bridgehead atoms. The Morgan fingerprint density at radius 2 is 1.76 bits per heavy atom. The third-order valence-electron chi connectivity index (χ3n) is 5.19. The molecule has 1 unspecified atom stereocenters. The summed E-state index contributed by atoms with van der Waals surface area (Å²) in [6.45, 7) is 7.37. The van der Waals surface area contributed by atoms with Gasteiger partial charge in [-0.15, -0.1) is 0 Å². The van der Waals surface area contributed by atoms with Crippen molar-refractivity contribution in [3.63, 3.8) is 0 Å². The van der Waals surface area contributed by atoms with Crippen LogP contribution >= 0.6 is 0 Å². The fourth-order valence-corrected chi connectivity index (χ4v) is 3.65. The first-order valence-corrected chi connectivity index (χ1v) is 7.05. The molecule has 0 heterocycles. The summed E-state index contributed by atoms with van der Waals surface area (Å²) in [5.74, 6) is 0.984. The number of aryl methyl sites for hydroxylation is 1. The molecule has 3 rings (SSSR count). The summed E-state index contributed by atoms with van der Waals surface area (Å²) in [4.78, 5) is 0. The van der Waals surface area contributed by atoms with E-state index in [1.165, 1.54) is 32.1 Å². The van der Waals surface area contributed by atoms with Crippen LogP contribution < -0.4 is 0 Å². The van der Waals surface area contributed by atoms with Gasteiger partial charge in [0.1, 0.15) is 0 Å². The Kier molecular flexibility index (Phi) is 2.40. The SMILES string of the molecule is CC1(C)CC1C[C@@]1(C)CCc2ccccc2C1. The number of hydrogen-bond donors (Lipinski definition) is 0. The van der Waals surface area contributed by atoms with Gasteiger partial charge in [0, 0.05) is 0 Å². The predicted octanol–water partition coefficient (Wildman–Crippen LogP) is 4.62. The Labute approximate surface area is 105 Å². The molecule has 0 aromatic heterocycles. The molecule has 0 radical (unpaired) electrons. The fraction of sp³-hybridized carbons (Fsp3) is 0.647. The van der Waals surface area contributed by atoms with Crippen LogP contribution in [0.1, 0.15) is 51.2 Å². The van der Waals surface area contributed by atoms with Crippen LogP contribution in [-0.4, -0.2) is 0 Å². The predicted molar refractivity (Wildman–Crippen MR) is 73.1 cm³/mol. The minimum Gasteiger partial charge on any atom is -0.0620 e. The second kappa shape index (κ2) is 3.60. The van der Waals surface area contributed by atoms with E-state index in [0.29, 0.717) is 10.8 Å². The van der Waals surface area contributed by atoms with Crippen molar-refractivity contribution >= 4 is 0 Å². The van der Waals surface area contributed by atoms with Gasteiger partial charge in [-0.05, 0) is 60.0 Å². The highest BCUT2D eigenvalue weighted by Gasteiger charge is 2.48. The second-order valence-corrected chi connectivity index (χ2v) is 7.35. The van der Waals surface area contributed by atoms with Gasteiger partial charge in [-0.3, -0.25) is 0 Å². The normalized spacial score (nSPS) is 34.2. The van der Waals surface area contributed by atoms with E-state index in [2.05, 4.69) is 45.0 Å². The molecule has 1 aromatic carbocycles. The van der Waals surface area contributed by atoms with Gasteiger partial charge in [-0.2, -0.15) is 0 Å². The molecular formula is C17H24. The van der Waals surface area contributed by atoms with E-state index in [1.54, 1.807) is 11.1 Å². The highest BCUT2D eigenvalue weighted by atomic mass is 14.5. The Balaban J connectivity index is 1.74. The molecule has 0 saturated heterocycles. The minimum atomic E-state index is 0.562. The van der Waals surface area contributed by atoms with Crippen molar-refractivity contribution in [1.82, 2.24) is 0 Å². The van der Waals surface area contributed by atoms with E-state index in [-0.39, 0.29) is 0 Å². The van der Waals surface area contributed by atoms with E-state index in [1.807, 2.05) is 0 Å². The minimum absolute atomic E-state index is 0.562. The van der Waals surface area contributed by atoms with Gasteiger partial charge in [-0.25, -0.2) is 0 Å². The third-order valence-corrected chi connectivity index (χ3v) is 5.19. The van der Waals surface area contributed by atoms with Gasteiger partial charge in [0.2, 0.25) is 0 Å². The molecule has 2 aliphatic rings. The molecule has 17 heavy (non-hydrogen) atoms. The summed E-state index contributed by atoms with van der Waals surface area (Å²) in [6, 6.07) is 9.04. The quantitative estimate of drug-likeness (QED) is 0.693. The van der Waals surface area contributed by atoms with E-state index in [9.17, 15) is 0 Å². The number of benzene rings is 1. The van der Waals surface area contributed by atoms with Crippen molar-refractivity contribution in [2.75, 3.05) is 0 Å². The lowest BCUT2D eigenvalue weighted by Gasteiger charge is -2.35. The Hall–Kier alpha value is -0.780. The number of fused-ring (bicyclic) bond motifs is 1. The van der Waals surface area contributed by atoms with Crippen molar-refractivity contribution in [1.29, 1.82) is 0 Å². The Morgan fingerprint density at radius 3 is 2.41 bits per heavy atom. The molecule has 0 N–H and O–H groups in total. The van der Waals surface area contributed by atoms with Crippen LogP contribution in [0.4, 0.5) is 0 Å². The molecule has 0 nitrogen and oxygen atoms in total. The smallest absolute Gasteiger partial charge is 0.0222 e. The van der Waals surface area contributed by atoms with Crippen LogP contribution in [0.3, 0.4) is 0 Å². The largest absolute Gasteiger partial charge is 0.0620 e. The molecular weight excluding hydrogens is 204 g/mol. The standard InChI is InChI=1S/C17H24/c1-16(2)11-15(16)12-17(3)9-8-13-6-4-5-7-14(13)10-17/h4-7,15H,8-12H2,1-3H3/t15?,17-/m0/s1. The molecule has 0 spiro atoms. The molecule has 0 heteroatoms. The zero-order valence-corrected chi connectivity index (χ0v) is 11.4. The summed E-state index contributed by atoms with van der Waals surface area (Å²) in [5, 5.41) is 0. The summed E-state index contributed by atoms with van der Waals surface area (Å²) >= 11 is 0. The van der Waals surface area contributed by atoms with Gasteiger partial charge < -0.3 is 0 Å². The van der Waals surface area contributed by atoms with Crippen LogP contribution in [0.25, 0.3) is 0 Å².